The number of aromatic nitrogens is 2. The summed E-state index contributed by atoms with van der Waals surface area (Å²) in [5.41, 5.74) is 8.15. The van der Waals surface area contributed by atoms with Crippen LogP contribution in [0.3, 0.4) is 0 Å². The molecule has 0 unspecified atom stereocenters. The average molecular weight is 219 g/mol. The highest BCUT2D eigenvalue weighted by Gasteiger charge is 2.19. The molecule has 0 saturated carbocycles. The number of H-pyrrole nitrogens is 1. The Balaban J connectivity index is 2.37. The Kier molecular flexibility index (Phi) is 2.59. The molecule has 0 aliphatic carbocycles. The molecule has 3 N–H and O–H groups in total. The van der Waals surface area contributed by atoms with Crippen LogP contribution in [0.25, 0.3) is 11.0 Å². The van der Waals surface area contributed by atoms with Crippen molar-refractivity contribution in [2.24, 2.45) is 0 Å². The third kappa shape index (κ3) is 2.02. The Bertz CT molecular complexity index is 502. The molecule has 0 aliphatic rings. The molecule has 4 nitrogen and oxygen atoms in total. The molecule has 0 fully saturated rings. The molecule has 0 saturated heterocycles. The molecule has 2 rings (SSSR count). The summed E-state index contributed by atoms with van der Waals surface area (Å²) in [5, 5.41) is 0. The maximum absolute atomic E-state index is 5.85. The van der Waals surface area contributed by atoms with E-state index in [-0.39, 0.29) is 5.60 Å². The number of rotatable bonds is 3. The van der Waals surface area contributed by atoms with Gasteiger partial charge in [0, 0.05) is 13.5 Å². The second-order valence-corrected chi connectivity index (χ2v) is 4.57. The van der Waals surface area contributed by atoms with Gasteiger partial charge in [0.05, 0.1) is 16.8 Å². The second-order valence-electron chi connectivity index (χ2n) is 4.57. The van der Waals surface area contributed by atoms with Crippen molar-refractivity contribution in [2.75, 3.05) is 12.8 Å². The number of nitrogen functional groups attached to an aromatic ring is 1. The van der Waals surface area contributed by atoms with Crippen molar-refractivity contribution < 1.29 is 4.74 Å². The van der Waals surface area contributed by atoms with Crippen molar-refractivity contribution in [1.82, 2.24) is 9.97 Å². The second kappa shape index (κ2) is 3.79. The molecule has 86 valence electrons. The van der Waals surface area contributed by atoms with Gasteiger partial charge in [-0.05, 0) is 26.0 Å². The molecular weight excluding hydrogens is 202 g/mol. The Labute approximate surface area is 94.8 Å². The summed E-state index contributed by atoms with van der Waals surface area (Å²) in [5.74, 6) is 0.903. The molecule has 0 atom stereocenters. The van der Waals surface area contributed by atoms with Crippen LogP contribution in [0.4, 0.5) is 5.69 Å². The van der Waals surface area contributed by atoms with Crippen molar-refractivity contribution in [3.05, 3.63) is 24.0 Å². The molecule has 2 aromatic rings. The largest absolute Gasteiger partial charge is 0.397 e. The lowest BCUT2D eigenvalue weighted by atomic mass is 10.1. The quantitative estimate of drug-likeness (QED) is 0.777. The minimum atomic E-state index is -0.220. The first kappa shape index (κ1) is 11.0. The first-order valence-corrected chi connectivity index (χ1v) is 5.30. The van der Waals surface area contributed by atoms with Crippen molar-refractivity contribution >= 4 is 16.7 Å². The summed E-state index contributed by atoms with van der Waals surface area (Å²) in [6, 6.07) is 5.75. The molecule has 0 aliphatic heterocycles. The van der Waals surface area contributed by atoms with Crippen LogP contribution < -0.4 is 5.73 Å². The third-order valence-corrected chi connectivity index (χ3v) is 2.74. The standard InChI is InChI=1S/C12H17N3O/c1-12(2,16-3)7-10-14-9-6-4-5-8(13)11(9)15-10/h4-6H,7,13H2,1-3H3,(H,14,15). The highest BCUT2D eigenvalue weighted by Crippen LogP contribution is 2.21. The minimum Gasteiger partial charge on any atom is -0.397 e. The smallest absolute Gasteiger partial charge is 0.111 e. The van der Waals surface area contributed by atoms with Gasteiger partial charge in [-0.3, -0.25) is 0 Å². The molecule has 4 heteroatoms. The van der Waals surface area contributed by atoms with E-state index in [9.17, 15) is 0 Å². The lowest BCUT2D eigenvalue weighted by Gasteiger charge is -2.21. The van der Waals surface area contributed by atoms with Gasteiger partial charge in [0.1, 0.15) is 11.3 Å². The molecule has 0 amide bonds. The van der Waals surface area contributed by atoms with E-state index in [4.69, 9.17) is 10.5 Å². The zero-order valence-corrected chi connectivity index (χ0v) is 9.87. The van der Waals surface area contributed by atoms with Crippen LogP contribution in [0.2, 0.25) is 0 Å². The van der Waals surface area contributed by atoms with Gasteiger partial charge < -0.3 is 15.5 Å². The fourth-order valence-electron chi connectivity index (χ4n) is 1.66. The van der Waals surface area contributed by atoms with E-state index in [0.717, 1.165) is 23.3 Å². The highest BCUT2D eigenvalue weighted by atomic mass is 16.5. The molecule has 0 bridgehead atoms. The number of fused-ring (bicyclic) bond motifs is 1. The minimum absolute atomic E-state index is 0.220. The maximum Gasteiger partial charge on any atom is 0.111 e. The van der Waals surface area contributed by atoms with E-state index < -0.39 is 0 Å². The molecule has 1 heterocycles. The predicted octanol–water partition coefficient (Wildman–Crippen LogP) is 2.11. The van der Waals surface area contributed by atoms with Gasteiger partial charge in [0.15, 0.2) is 0 Å². The van der Waals surface area contributed by atoms with Gasteiger partial charge in [0.2, 0.25) is 0 Å². The van der Waals surface area contributed by atoms with Gasteiger partial charge in [0.25, 0.3) is 0 Å². The van der Waals surface area contributed by atoms with Crippen LogP contribution >= 0.6 is 0 Å². The molecular formula is C12H17N3O. The highest BCUT2D eigenvalue weighted by molar-refractivity contribution is 5.86. The van der Waals surface area contributed by atoms with Crippen LogP contribution in [0, 0.1) is 0 Å². The van der Waals surface area contributed by atoms with Crippen LogP contribution in [-0.4, -0.2) is 22.7 Å². The lowest BCUT2D eigenvalue weighted by molar-refractivity contribution is 0.0218. The van der Waals surface area contributed by atoms with Crippen LogP contribution in [0.1, 0.15) is 19.7 Å². The number of para-hydroxylation sites is 1. The molecule has 0 spiro atoms. The topological polar surface area (TPSA) is 63.9 Å². The fourth-order valence-corrected chi connectivity index (χ4v) is 1.66. The summed E-state index contributed by atoms with van der Waals surface area (Å²) >= 11 is 0. The first-order chi connectivity index (χ1) is 7.52. The maximum atomic E-state index is 5.85. The molecule has 16 heavy (non-hydrogen) atoms. The number of anilines is 1. The Morgan fingerprint density at radius 2 is 2.19 bits per heavy atom. The Morgan fingerprint density at radius 3 is 2.81 bits per heavy atom. The number of methoxy groups -OCH3 is 1. The van der Waals surface area contributed by atoms with Gasteiger partial charge in [-0.2, -0.15) is 0 Å². The predicted molar refractivity (Wildman–Crippen MR) is 65.3 cm³/mol. The van der Waals surface area contributed by atoms with Gasteiger partial charge in [-0.25, -0.2) is 4.98 Å². The molecule has 0 radical (unpaired) electrons. The van der Waals surface area contributed by atoms with E-state index in [0.29, 0.717) is 5.69 Å². The normalized spacial score (nSPS) is 12.2. The van der Waals surface area contributed by atoms with E-state index in [1.54, 1.807) is 7.11 Å². The SMILES string of the molecule is COC(C)(C)Cc1nc2c(N)cccc2[nH]1. The number of imidazole rings is 1. The number of nitrogens with two attached hydrogens (primary N) is 1. The average Bonchev–Trinajstić information content (AvgIpc) is 2.61. The van der Waals surface area contributed by atoms with Crippen molar-refractivity contribution in [3.8, 4) is 0 Å². The summed E-state index contributed by atoms with van der Waals surface area (Å²) in [7, 11) is 1.71. The zero-order valence-electron chi connectivity index (χ0n) is 9.87. The third-order valence-electron chi connectivity index (χ3n) is 2.74. The number of nitrogens with zero attached hydrogens (tertiary/aromatic N) is 1. The van der Waals surface area contributed by atoms with Crippen LogP contribution in [0.15, 0.2) is 18.2 Å². The number of benzene rings is 1. The summed E-state index contributed by atoms with van der Waals surface area (Å²) in [4.78, 5) is 7.74. The van der Waals surface area contributed by atoms with E-state index in [2.05, 4.69) is 9.97 Å². The van der Waals surface area contributed by atoms with E-state index in [1.165, 1.54) is 0 Å². The summed E-state index contributed by atoms with van der Waals surface area (Å²) in [6.07, 6.45) is 0.734. The Morgan fingerprint density at radius 1 is 1.44 bits per heavy atom. The number of ether oxygens (including phenoxy) is 1. The Hall–Kier alpha value is -1.55. The van der Waals surface area contributed by atoms with Crippen LogP contribution in [0.5, 0.6) is 0 Å². The van der Waals surface area contributed by atoms with E-state index >= 15 is 0 Å². The number of hydrogen-bond donors (Lipinski definition) is 2. The number of hydrogen-bond acceptors (Lipinski definition) is 3. The molecule has 1 aromatic heterocycles. The zero-order chi connectivity index (χ0) is 11.8. The monoisotopic (exact) mass is 219 g/mol. The van der Waals surface area contributed by atoms with Gasteiger partial charge >= 0.3 is 0 Å². The van der Waals surface area contributed by atoms with Crippen molar-refractivity contribution in [1.29, 1.82) is 0 Å². The fraction of sp³-hybridized carbons (Fsp3) is 0.417. The van der Waals surface area contributed by atoms with E-state index in [1.807, 2.05) is 32.0 Å². The van der Waals surface area contributed by atoms with Gasteiger partial charge in [-0.15, -0.1) is 0 Å². The number of nitrogens with one attached hydrogen (secondary N) is 1. The van der Waals surface area contributed by atoms with Crippen molar-refractivity contribution in [2.45, 2.75) is 25.9 Å². The van der Waals surface area contributed by atoms with Crippen molar-refractivity contribution in [3.63, 3.8) is 0 Å². The first-order valence-electron chi connectivity index (χ1n) is 5.30. The van der Waals surface area contributed by atoms with Gasteiger partial charge in [-0.1, -0.05) is 6.07 Å². The molecule has 1 aromatic carbocycles. The number of aromatic amines is 1. The lowest BCUT2D eigenvalue weighted by Crippen LogP contribution is -2.26. The summed E-state index contributed by atoms with van der Waals surface area (Å²) in [6.45, 7) is 4.06. The summed E-state index contributed by atoms with van der Waals surface area (Å²) < 4.78 is 5.38. The van der Waals surface area contributed by atoms with Crippen LogP contribution in [-0.2, 0) is 11.2 Å².